The molecule has 2 rings (SSSR count). The Morgan fingerprint density at radius 3 is 2.29 bits per heavy atom. The quantitative estimate of drug-likeness (QED) is 0.732. The lowest BCUT2D eigenvalue weighted by molar-refractivity contribution is 0.119. The second-order valence-corrected chi connectivity index (χ2v) is 4.89. The summed E-state index contributed by atoms with van der Waals surface area (Å²) >= 11 is 0. The van der Waals surface area contributed by atoms with Crippen molar-refractivity contribution in [3.63, 3.8) is 0 Å². The Kier molecular flexibility index (Phi) is 3.82. The van der Waals surface area contributed by atoms with Crippen LogP contribution in [0.3, 0.4) is 0 Å². The average Bonchev–Trinajstić information content (AvgIpc) is 2.52. The predicted octanol–water partition coefficient (Wildman–Crippen LogP) is 2.02. The summed E-state index contributed by atoms with van der Waals surface area (Å²) in [4.78, 5) is 2.65. The zero-order chi connectivity index (χ0) is 9.80. The van der Waals surface area contributed by atoms with E-state index >= 15 is 0 Å². The highest BCUT2D eigenvalue weighted by atomic mass is 16.3. The first kappa shape index (κ1) is 10.4. The molecule has 0 unspecified atom stereocenters. The predicted molar refractivity (Wildman–Crippen MR) is 58.3 cm³/mol. The van der Waals surface area contributed by atoms with Crippen molar-refractivity contribution >= 4 is 0 Å². The SMILES string of the molecule is OC[C@@H]1CCC[C@@H]1N1CCCCCC1. The van der Waals surface area contributed by atoms with Crippen molar-refractivity contribution in [1.29, 1.82) is 0 Å². The standard InChI is InChI=1S/C12H23NO/c14-10-11-6-5-7-12(11)13-8-3-1-2-4-9-13/h11-12,14H,1-10H2/t11-,12-/m0/s1. The minimum Gasteiger partial charge on any atom is -0.396 e. The van der Waals surface area contributed by atoms with Gasteiger partial charge in [0.2, 0.25) is 0 Å². The van der Waals surface area contributed by atoms with Gasteiger partial charge in [0.25, 0.3) is 0 Å². The summed E-state index contributed by atoms with van der Waals surface area (Å²) in [5.41, 5.74) is 0. The molecule has 82 valence electrons. The van der Waals surface area contributed by atoms with Gasteiger partial charge in [0.15, 0.2) is 0 Å². The Bertz CT molecular complexity index is 164. The van der Waals surface area contributed by atoms with Gasteiger partial charge in [-0.1, -0.05) is 19.3 Å². The van der Waals surface area contributed by atoms with Gasteiger partial charge in [-0.15, -0.1) is 0 Å². The van der Waals surface area contributed by atoms with Crippen molar-refractivity contribution in [2.75, 3.05) is 19.7 Å². The van der Waals surface area contributed by atoms with E-state index in [4.69, 9.17) is 0 Å². The maximum absolute atomic E-state index is 9.31. The smallest absolute Gasteiger partial charge is 0.0474 e. The third kappa shape index (κ3) is 2.29. The Balaban J connectivity index is 1.91. The molecule has 2 fully saturated rings. The Morgan fingerprint density at radius 1 is 0.929 bits per heavy atom. The van der Waals surface area contributed by atoms with Crippen LogP contribution in [0.1, 0.15) is 44.9 Å². The largest absolute Gasteiger partial charge is 0.396 e. The lowest BCUT2D eigenvalue weighted by Crippen LogP contribution is -2.39. The average molecular weight is 197 g/mol. The maximum Gasteiger partial charge on any atom is 0.0474 e. The van der Waals surface area contributed by atoms with Crippen LogP contribution >= 0.6 is 0 Å². The van der Waals surface area contributed by atoms with Crippen LogP contribution in [0.25, 0.3) is 0 Å². The van der Waals surface area contributed by atoms with Crippen LogP contribution in [0.5, 0.6) is 0 Å². The van der Waals surface area contributed by atoms with Gasteiger partial charge in [0.1, 0.15) is 0 Å². The summed E-state index contributed by atoms with van der Waals surface area (Å²) in [5.74, 6) is 0.577. The molecule has 0 aromatic rings. The van der Waals surface area contributed by atoms with Crippen LogP contribution in [-0.2, 0) is 0 Å². The number of aliphatic hydroxyl groups is 1. The second-order valence-electron chi connectivity index (χ2n) is 4.89. The van der Waals surface area contributed by atoms with Gasteiger partial charge in [0.05, 0.1) is 0 Å². The molecule has 1 saturated heterocycles. The van der Waals surface area contributed by atoms with E-state index in [1.165, 1.54) is 58.0 Å². The highest BCUT2D eigenvalue weighted by molar-refractivity contribution is 4.85. The number of hydrogen-bond donors (Lipinski definition) is 1. The van der Waals surface area contributed by atoms with E-state index in [0.29, 0.717) is 18.6 Å². The topological polar surface area (TPSA) is 23.5 Å². The van der Waals surface area contributed by atoms with Gasteiger partial charge in [-0.05, 0) is 44.7 Å². The molecule has 14 heavy (non-hydrogen) atoms. The van der Waals surface area contributed by atoms with Gasteiger partial charge in [-0.2, -0.15) is 0 Å². The van der Waals surface area contributed by atoms with Gasteiger partial charge in [0, 0.05) is 12.6 Å². The molecular weight excluding hydrogens is 174 g/mol. The fourth-order valence-corrected chi connectivity index (χ4v) is 3.14. The van der Waals surface area contributed by atoms with Crippen molar-refractivity contribution in [2.45, 2.75) is 51.0 Å². The Labute approximate surface area is 87.3 Å². The van der Waals surface area contributed by atoms with Crippen LogP contribution in [0.2, 0.25) is 0 Å². The molecule has 0 radical (unpaired) electrons. The first-order valence-corrected chi connectivity index (χ1v) is 6.26. The molecule has 2 nitrogen and oxygen atoms in total. The van der Waals surface area contributed by atoms with Crippen molar-refractivity contribution in [3.05, 3.63) is 0 Å². The lowest BCUT2D eigenvalue weighted by atomic mass is 10.0. The second kappa shape index (κ2) is 5.13. The zero-order valence-electron chi connectivity index (χ0n) is 9.12. The molecule has 0 aromatic carbocycles. The summed E-state index contributed by atoms with van der Waals surface area (Å²) in [6.45, 7) is 2.96. The third-order valence-electron chi connectivity index (χ3n) is 3.96. The van der Waals surface area contributed by atoms with Gasteiger partial charge >= 0.3 is 0 Å². The monoisotopic (exact) mass is 197 g/mol. The Hall–Kier alpha value is -0.0800. The number of nitrogens with zero attached hydrogens (tertiary/aromatic N) is 1. The molecule has 2 heteroatoms. The number of aliphatic hydroxyl groups excluding tert-OH is 1. The van der Waals surface area contributed by atoms with E-state index in [-0.39, 0.29) is 0 Å². The van der Waals surface area contributed by atoms with Crippen molar-refractivity contribution in [1.82, 2.24) is 4.90 Å². The van der Waals surface area contributed by atoms with E-state index in [0.717, 1.165) is 0 Å². The van der Waals surface area contributed by atoms with Crippen LogP contribution < -0.4 is 0 Å². The van der Waals surface area contributed by atoms with Crippen LogP contribution in [0, 0.1) is 5.92 Å². The molecule has 0 bridgehead atoms. The molecule has 1 N–H and O–H groups in total. The fourth-order valence-electron chi connectivity index (χ4n) is 3.14. The van der Waals surface area contributed by atoms with Crippen LogP contribution in [-0.4, -0.2) is 35.7 Å². The van der Waals surface area contributed by atoms with Crippen LogP contribution in [0.15, 0.2) is 0 Å². The maximum atomic E-state index is 9.31. The van der Waals surface area contributed by atoms with Crippen LogP contribution in [0.4, 0.5) is 0 Å². The summed E-state index contributed by atoms with van der Waals surface area (Å²) in [6.07, 6.45) is 9.46. The summed E-state index contributed by atoms with van der Waals surface area (Å²) in [7, 11) is 0. The molecule has 0 aromatic heterocycles. The molecule has 0 spiro atoms. The zero-order valence-corrected chi connectivity index (χ0v) is 9.12. The Morgan fingerprint density at radius 2 is 1.64 bits per heavy atom. The lowest BCUT2D eigenvalue weighted by Gasteiger charge is -2.31. The first-order chi connectivity index (χ1) is 6.92. The molecule has 0 amide bonds. The summed E-state index contributed by atoms with van der Waals surface area (Å²) in [6, 6.07) is 0.707. The number of hydrogen-bond acceptors (Lipinski definition) is 2. The fraction of sp³-hybridized carbons (Fsp3) is 1.00. The van der Waals surface area contributed by atoms with E-state index in [1.807, 2.05) is 0 Å². The van der Waals surface area contributed by atoms with E-state index in [1.54, 1.807) is 0 Å². The highest BCUT2D eigenvalue weighted by Gasteiger charge is 2.31. The summed E-state index contributed by atoms with van der Waals surface area (Å²) < 4.78 is 0. The van der Waals surface area contributed by atoms with E-state index in [2.05, 4.69) is 4.90 Å². The van der Waals surface area contributed by atoms with Gasteiger partial charge in [-0.25, -0.2) is 0 Å². The molecule has 2 aliphatic rings. The normalized spacial score (nSPS) is 35.8. The number of rotatable bonds is 2. The molecule has 1 heterocycles. The van der Waals surface area contributed by atoms with Crippen molar-refractivity contribution in [3.8, 4) is 0 Å². The summed E-state index contributed by atoms with van der Waals surface area (Å²) in [5, 5.41) is 9.31. The van der Waals surface area contributed by atoms with Crippen molar-refractivity contribution in [2.24, 2.45) is 5.92 Å². The van der Waals surface area contributed by atoms with E-state index in [9.17, 15) is 5.11 Å². The van der Waals surface area contributed by atoms with Crippen molar-refractivity contribution < 1.29 is 5.11 Å². The molecular formula is C12H23NO. The molecule has 1 aliphatic carbocycles. The molecule has 2 atom stereocenters. The van der Waals surface area contributed by atoms with Gasteiger partial charge in [-0.3, -0.25) is 0 Å². The minimum atomic E-state index is 0.404. The van der Waals surface area contributed by atoms with Gasteiger partial charge < -0.3 is 10.0 Å². The highest BCUT2D eigenvalue weighted by Crippen LogP contribution is 2.30. The van der Waals surface area contributed by atoms with E-state index < -0.39 is 0 Å². The first-order valence-electron chi connectivity index (χ1n) is 6.26. The third-order valence-corrected chi connectivity index (χ3v) is 3.96. The minimum absolute atomic E-state index is 0.404. The molecule has 1 aliphatic heterocycles. The number of likely N-dealkylation sites (tertiary alicyclic amines) is 1. The molecule has 1 saturated carbocycles.